The molecule has 1 N–H and O–H groups in total. The summed E-state index contributed by atoms with van der Waals surface area (Å²) in [7, 11) is 3.23. The molecule has 0 heterocycles. The van der Waals surface area contributed by atoms with E-state index in [0.29, 0.717) is 6.42 Å². The van der Waals surface area contributed by atoms with E-state index in [4.69, 9.17) is 0 Å². The zero-order valence-electron chi connectivity index (χ0n) is 8.33. The summed E-state index contributed by atoms with van der Waals surface area (Å²) in [6.45, 7) is 0. The van der Waals surface area contributed by atoms with Crippen molar-refractivity contribution >= 4 is 33.2 Å². The first-order valence-corrected chi connectivity index (χ1v) is 7.16. The van der Waals surface area contributed by atoms with Gasteiger partial charge in [-0.25, -0.2) is 4.39 Å². The van der Waals surface area contributed by atoms with E-state index in [-0.39, 0.29) is 11.6 Å². The summed E-state index contributed by atoms with van der Waals surface area (Å²) in [5.74, 6) is 0.187. The number of benzene rings is 1. The Labute approximate surface area is 96.4 Å². The van der Waals surface area contributed by atoms with Crippen molar-refractivity contribution in [2.45, 2.75) is 6.42 Å². The minimum absolute atomic E-state index is 0.151. The van der Waals surface area contributed by atoms with Gasteiger partial charge in [-0.1, -0.05) is 33.7 Å². The lowest BCUT2D eigenvalue weighted by molar-refractivity contribution is -0.115. The highest BCUT2D eigenvalue weighted by atomic mass is 33.1. The zero-order valence-corrected chi connectivity index (χ0v) is 9.96. The Morgan fingerprint density at radius 2 is 2.20 bits per heavy atom. The Hall–Kier alpha value is -0.680. The van der Waals surface area contributed by atoms with Crippen LogP contribution >= 0.6 is 21.6 Å². The maximum absolute atomic E-state index is 13.1. The van der Waals surface area contributed by atoms with Crippen LogP contribution < -0.4 is 5.32 Å². The van der Waals surface area contributed by atoms with Gasteiger partial charge in [0.25, 0.3) is 0 Å². The molecule has 0 radical (unpaired) electrons. The smallest absolute Gasteiger partial charge is 0.225 e. The molecule has 2 nitrogen and oxygen atoms in total. The minimum atomic E-state index is -0.400. The van der Waals surface area contributed by atoms with Gasteiger partial charge in [0.1, 0.15) is 5.82 Å². The second-order valence-electron chi connectivity index (χ2n) is 2.77. The van der Waals surface area contributed by atoms with Crippen LogP contribution in [-0.4, -0.2) is 17.9 Å². The van der Waals surface area contributed by atoms with Crippen molar-refractivity contribution in [3.05, 3.63) is 30.1 Å². The summed E-state index contributed by atoms with van der Waals surface area (Å²) in [4.78, 5) is 11.3. The van der Waals surface area contributed by atoms with E-state index >= 15 is 0 Å². The van der Waals surface area contributed by atoms with E-state index in [1.807, 2.05) is 6.26 Å². The Morgan fingerprint density at radius 1 is 1.47 bits per heavy atom. The lowest BCUT2D eigenvalue weighted by atomic mass is 10.3. The van der Waals surface area contributed by atoms with E-state index in [9.17, 15) is 9.18 Å². The molecule has 1 rings (SSSR count). The van der Waals surface area contributed by atoms with Crippen molar-refractivity contribution in [1.82, 2.24) is 0 Å². The molecule has 0 saturated heterocycles. The topological polar surface area (TPSA) is 29.1 Å². The molecule has 0 bridgehead atoms. The Balaban J connectivity index is 2.41. The number of nitrogens with one attached hydrogen (secondary N) is 1. The summed E-state index contributed by atoms with van der Waals surface area (Å²) >= 11 is 0. The number of amides is 1. The summed E-state index contributed by atoms with van der Waals surface area (Å²) < 4.78 is 13.1. The van der Waals surface area contributed by atoms with Gasteiger partial charge in [-0.3, -0.25) is 4.79 Å². The summed E-state index contributed by atoms with van der Waals surface area (Å²) in [5, 5.41) is 2.53. The van der Waals surface area contributed by atoms with Gasteiger partial charge in [0.05, 0.1) is 5.69 Å². The number of anilines is 1. The number of hydrogen-bond acceptors (Lipinski definition) is 3. The second kappa shape index (κ2) is 6.74. The number of rotatable bonds is 5. The highest BCUT2D eigenvalue weighted by Crippen LogP contribution is 2.18. The van der Waals surface area contributed by atoms with E-state index in [1.165, 1.54) is 6.07 Å². The van der Waals surface area contributed by atoms with Crippen molar-refractivity contribution in [2.24, 2.45) is 0 Å². The molecule has 0 aromatic heterocycles. The molecule has 1 aromatic carbocycles. The molecule has 0 aliphatic heterocycles. The largest absolute Gasteiger partial charge is 0.324 e. The predicted octanol–water partition coefficient (Wildman–Crippen LogP) is 3.17. The Morgan fingerprint density at radius 3 is 2.87 bits per heavy atom. The van der Waals surface area contributed by atoms with Crippen LogP contribution in [0.4, 0.5) is 10.1 Å². The number of carbonyl (C=O) groups is 1. The zero-order chi connectivity index (χ0) is 11.1. The normalized spacial score (nSPS) is 10.0. The molecule has 0 spiro atoms. The van der Waals surface area contributed by atoms with Crippen molar-refractivity contribution in [3.8, 4) is 0 Å². The van der Waals surface area contributed by atoms with Crippen LogP contribution in [0.5, 0.6) is 0 Å². The van der Waals surface area contributed by atoms with E-state index in [2.05, 4.69) is 5.32 Å². The highest BCUT2D eigenvalue weighted by Gasteiger charge is 2.05. The molecule has 82 valence electrons. The van der Waals surface area contributed by atoms with Crippen LogP contribution in [0.3, 0.4) is 0 Å². The quantitative estimate of drug-likeness (QED) is 0.638. The molecular weight excluding hydrogens is 233 g/mol. The summed E-state index contributed by atoms with van der Waals surface area (Å²) in [6, 6.07) is 6.16. The fourth-order valence-electron chi connectivity index (χ4n) is 0.993. The first-order chi connectivity index (χ1) is 7.24. The SMILES string of the molecule is CSSCCC(=O)Nc1ccccc1F. The average molecular weight is 245 g/mol. The third-order valence-electron chi connectivity index (χ3n) is 1.68. The predicted molar refractivity (Wildman–Crippen MR) is 65.6 cm³/mol. The number of halogens is 1. The highest BCUT2D eigenvalue weighted by molar-refractivity contribution is 8.76. The van der Waals surface area contributed by atoms with Crippen LogP contribution in [0.2, 0.25) is 0 Å². The van der Waals surface area contributed by atoms with Gasteiger partial charge in [0.2, 0.25) is 5.91 Å². The van der Waals surface area contributed by atoms with Gasteiger partial charge < -0.3 is 5.32 Å². The van der Waals surface area contributed by atoms with Crippen LogP contribution in [0, 0.1) is 5.82 Å². The van der Waals surface area contributed by atoms with E-state index in [0.717, 1.165) is 5.75 Å². The van der Waals surface area contributed by atoms with Gasteiger partial charge in [-0.2, -0.15) is 0 Å². The molecule has 0 aliphatic rings. The molecule has 5 heteroatoms. The lowest BCUT2D eigenvalue weighted by Crippen LogP contribution is -2.12. The van der Waals surface area contributed by atoms with Gasteiger partial charge in [-0.15, -0.1) is 0 Å². The maximum atomic E-state index is 13.1. The maximum Gasteiger partial charge on any atom is 0.225 e. The van der Waals surface area contributed by atoms with Crippen molar-refractivity contribution in [2.75, 3.05) is 17.3 Å². The molecule has 0 aliphatic carbocycles. The van der Waals surface area contributed by atoms with Gasteiger partial charge >= 0.3 is 0 Å². The first kappa shape index (κ1) is 12.4. The van der Waals surface area contributed by atoms with Crippen molar-refractivity contribution in [1.29, 1.82) is 0 Å². The monoisotopic (exact) mass is 245 g/mol. The molecule has 0 unspecified atom stereocenters. The number of hydrogen-bond donors (Lipinski definition) is 1. The Kier molecular flexibility index (Phi) is 5.57. The molecule has 0 saturated carbocycles. The van der Waals surface area contributed by atoms with Gasteiger partial charge in [0.15, 0.2) is 0 Å². The first-order valence-electron chi connectivity index (χ1n) is 4.44. The fraction of sp³-hybridized carbons (Fsp3) is 0.300. The number of carbonyl (C=O) groups excluding carboxylic acids is 1. The van der Waals surface area contributed by atoms with E-state index in [1.54, 1.807) is 39.8 Å². The standard InChI is InChI=1S/C10H12FNOS2/c1-14-15-7-6-10(13)12-9-5-3-2-4-8(9)11/h2-5H,6-7H2,1H3,(H,12,13). The van der Waals surface area contributed by atoms with Gasteiger partial charge in [-0.05, 0) is 18.4 Å². The molecular formula is C10H12FNOS2. The van der Waals surface area contributed by atoms with Crippen molar-refractivity contribution in [3.63, 3.8) is 0 Å². The van der Waals surface area contributed by atoms with E-state index < -0.39 is 5.82 Å². The summed E-state index contributed by atoms with van der Waals surface area (Å²) in [6.07, 6.45) is 2.36. The number of para-hydroxylation sites is 1. The van der Waals surface area contributed by atoms with Crippen LogP contribution in [-0.2, 0) is 4.79 Å². The second-order valence-corrected chi connectivity index (χ2v) is 5.45. The lowest BCUT2D eigenvalue weighted by Gasteiger charge is -2.05. The van der Waals surface area contributed by atoms with Gasteiger partial charge in [0, 0.05) is 12.2 Å². The minimum Gasteiger partial charge on any atom is -0.324 e. The van der Waals surface area contributed by atoms with Crippen LogP contribution in [0.15, 0.2) is 24.3 Å². The average Bonchev–Trinajstić information content (AvgIpc) is 2.22. The molecule has 1 amide bonds. The fourth-order valence-corrected chi connectivity index (χ4v) is 2.18. The van der Waals surface area contributed by atoms with Crippen molar-refractivity contribution < 1.29 is 9.18 Å². The molecule has 1 aromatic rings. The molecule has 0 fully saturated rings. The summed E-state index contributed by atoms with van der Waals surface area (Å²) in [5.41, 5.74) is 0.247. The molecule has 0 atom stereocenters. The Bertz CT molecular complexity index is 333. The molecule has 15 heavy (non-hydrogen) atoms. The third kappa shape index (κ3) is 4.57. The van der Waals surface area contributed by atoms with Crippen LogP contribution in [0.25, 0.3) is 0 Å². The third-order valence-corrected chi connectivity index (χ3v) is 3.49. The van der Waals surface area contributed by atoms with Crippen LogP contribution in [0.1, 0.15) is 6.42 Å².